The van der Waals surface area contributed by atoms with Crippen LogP contribution in [-0.4, -0.2) is 75.2 Å². The number of likely N-dealkylation sites (tertiary alicyclic amines) is 1. The molecule has 2 aliphatic heterocycles. The second-order valence-corrected chi connectivity index (χ2v) is 14.7. The van der Waals surface area contributed by atoms with Crippen molar-refractivity contribution in [3.63, 3.8) is 0 Å². The molecule has 1 spiro atoms. The molecule has 3 aliphatic rings. The van der Waals surface area contributed by atoms with Crippen LogP contribution in [0, 0.1) is 17.3 Å². The molecule has 3 fully saturated rings. The average Bonchev–Trinajstić information content (AvgIpc) is 3.26. The fourth-order valence-corrected chi connectivity index (χ4v) is 7.38. The normalized spacial score (nSPS) is 21.7. The van der Waals surface area contributed by atoms with E-state index in [1.54, 1.807) is 18.2 Å². The first kappa shape index (κ1) is 32.5. The van der Waals surface area contributed by atoms with E-state index < -0.39 is 44.9 Å². The summed E-state index contributed by atoms with van der Waals surface area (Å²) in [5.74, 6) is 5.33. The highest BCUT2D eigenvalue weighted by Crippen LogP contribution is 2.42. The minimum Gasteiger partial charge on any atom is -0.382 e. The topological polar surface area (TPSA) is 75.6 Å². The summed E-state index contributed by atoms with van der Waals surface area (Å²) in [5.41, 5.74) is -0.0900. The van der Waals surface area contributed by atoms with Crippen LogP contribution in [0.4, 0.5) is 37.7 Å². The van der Waals surface area contributed by atoms with Gasteiger partial charge in [0.05, 0.1) is 41.4 Å². The van der Waals surface area contributed by atoms with Crippen molar-refractivity contribution in [2.75, 3.05) is 49.7 Å². The van der Waals surface area contributed by atoms with Crippen LogP contribution in [-0.2, 0) is 27.3 Å². The van der Waals surface area contributed by atoms with Crippen molar-refractivity contribution in [3.05, 3.63) is 53.7 Å². The van der Waals surface area contributed by atoms with E-state index in [0.29, 0.717) is 34.1 Å². The molecule has 6 rings (SSSR count). The highest BCUT2D eigenvalue weighted by molar-refractivity contribution is 7.90. The van der Waals surface area contributed by atoms with Gasteiger partial charge in [-0.2, -0.15) is 26.3 Å². The summed E-state index contributed by atoms with van der Waals surface area (Å²) in [5, 5.41) is 6.65. The molecule has 1 aromatic heterocycles. The lowest BCUT2D eigenvalue weighted by molar-refractivity contribution is -0.200. The summed E-state index contributed by atoms with van der Waals surface area (Å²) in [6, 6.07) is 9.99. The van der Waals surface area contributed by atoms with Crippen molar-refractivity contribution in [2.24, 2.45) is 5.41 Å². The molecule has 3 aromatic rings. The van der Waals surface area contributed by atoms with Gasteiger partial charge >= 0.3 is 12.4 Å². The van der Waals surface area contributed by atoms with E-state index in [1.165, 1.54) is 0 Å². The monoisotopic (exact) mass is 668 g/mol. The largest absolute Gasteiger partial charge is 0.418 e. The molecular weight excluding hydrogens is 634 g/mol. The maximum atomic E-state index is 13.6. The van der Waals surface area contributed by atoms with E-state index >= 15 is 0 Å². The number of aromatic nitrogens is 1. The Hall–Kier alpha value is -3.41. The number of benzene rings is 2. The van der Waals surface area contributed by atoms with Gasteiger partial charge in [-0.15, -0.1) is 0 Å². The molecule has 0 bridgehead atoms. The molecule has 0 atom stereocenters. The molecule has 248 valence electrons. The van der Waals surface area contributed by atoms with Crippen molar-refractivity contribution in [1.29, 1.82) is 0 Å². The molecule has 2 aromatic carbocycles. The Morgan fingerprint density at radius 3 is 2.30 bits per heavy atom. The van der Waals surface area contributed by atoms with Gasteiger partial charge in [-0.05, 0) is 68.0 Å². The summed E-state index contributed by atoms with van der Waals surface area (Å²) < 4.78 is 112. The minimum absolute atomic E-state index is 0.0715. The Labute approximate surface area is 263 Å². The van der Waals surface area contributed by atoms with E-state index in [9.17, 15) is 34.8 Å². The van der Waals surface area contributed by atoms with E-state index in [2.05, 4.69) is 27.4 Å². The zero-order valence-electron chi connectivity index (χ0n) is 25.1. The Bertz CT molecular complexity index is 1770. The smallest absolute Gasteiger partial charge is 0.382 e. The standard InChI is InChI=1S/C32H34F6N4O3S/c1-46(43,44)24-11-12-28(26(15-24)32(36,37)38)39-13-3-4-23-14-25-27(5-2-6-29(25)42(23)18-31(33,34)35)40-21-7-9-22(10-8-21)41-16-30(17-41)19-45-20-30/h2,5-6,11-12,14-15,21-22,39-40H,7-10,13,16-20H2,1H3. The molecule has 7 nitrogen and oxygen atoms in total. The van der Waals surface area contributed by atoms with Crippen LogP contribution in [0.25, 0.3) is 10.9 Å². The Kier molecular flexibility index (Phi) is 8.48. The number of sulfone groups is 1. The van der Waals surface area contributed by atoms with Crippen LogP contribution in [0.2, 0.25) is 0 Å². The first-order valence-electron chi connectivity index (χ1n) is 15.0. The van der Waals surface area contributed by atoms with Gasteiger partial charge in [-0.25, -0.2) is 8.42 Å². The van der Waals surface area contributed by atoms with Gasteiger partial charge < -0.3 is 19.9 Å². The molecule has 0 radical (unpaired) electrons. The number of anilines is 2. The van der Waals surface area contributed by atoms with Crippen molar-refractivity contribution < 1.29 is 39.5 Å². The Morgan fingerprint density at radius 1 is 0.978 bits per heavy atom. The minimum atomic E-state index is -4.85. The van der Waals surface area contributed by atoms with Crippen LogP contribution in [0.15, 0.2) is 47.4 Å². The SMILES string of the molecule is CS(=O)(=O)c1ccc(NCC#Cc2cc3c(NC4CCC(N5CC6(COC6)C5)CC4)cccc3n2CC(F)(F)F)c(C(F)(F)F)c1. The molecular formula is C32H34F6N4O3S. The zero-order valence-corrected chi connectivity index (χ0v) is 25.9. The van der Waals surface area contributed by atoms with Crippen molar-refractivity contribution >= 4 is 32.1 Å². The third kappa shape index (κ3) is 6.96. The number of nitrogens with zero attached hydrogens (tertiary/aromatic N) is 2. The third-order valence-electron chi connectivity index (χ3n) is 9.06. The molecule has 3 heterocycles. The molecule has 0 amide bonds. The average molecular weight is 669 g/mol. The molecule has 1 aliphatic carbocycles. The molecule has 1 saturated carbocycles. The highest BCUT2D eigenvalue weighted by Gasteiger charge is 2.50. The number of fused-ring (bicyclic) bond motifs is 1. The predicted molar refractivity (Wildman–Crippen MR) is 162 cm³/mol. The number of alkyl halides is 6. The Balaban J connectivity index is 1.18. The second kappa shape index (κ2) is 12.0. The number of rotatable bonds is 7. The first-order chi connectivity index (χ1) is 21.6. The number of halogens is 6. The quantitative estimate of drug-likeness (QED) is 0.233. The maximum Gasteiger partial charge on any atom is 0.418 e. The van der Waals surface area contributed by atoms with Gasteiger partial charge in [-0.1, -0.05) is 12.0 Å². The predicted octanol–water partition coefficient (Wildman–Crippen LogP) is 6.14. The first-order valence-corrected chi connectivity index (χ1v) is 16.9. The molecule has 2 saturated heterocycles. The van der Waals surface area contributed by atoms with Gasteiger partial charge in [0.1, 0.15) is 6.54 Å². The summed E-state index contributed by atoms with van der Waals surface area (Å²) >= 11 is 0. The van der Waals surface area contributed by atoms with Crippen LogP contribution in [0.1, 0.15) is 36.9 Å². The van der Waals surface area contributed by atoms with Gasteiger partial charge in [0.15, 0.2) is 9.84 Å². The summed E-state index contributed by atoms with van der Waals surface area (Å²) in [7, 11) is -3.88. The molecule has 14 heteroatoms. The highest BCUT2D eigenvalue weighted by atomic mass is 32.2. The lowest BCUT2D eigenvalue weighted by Crippen LogP contribution is -2.68. The number of nitrogens with one attached hydrogen (secondary N) is 2. The molecule has 0 unspecified atom stereocenters. The lowest BCUT2D eigenvalue weighted by atomic mass is 9.75. The number of hydrogen-bond donors (Lipinski definition) is 2. The van der Waals surface area contributed by atoms with Crippen molar-refractivity contribution in [2.45, 2.75) is 61.6 Å². The van der Waals surface area contributed by atoms with E-state index in [1.807, 2.05) is 6.07 Å². The lowest BCUT2D eigenvalue weighted by Gasteiger charge is -2.58. The van der Waals surface area contributed by atoms with Crippen LogP contribution in [0.5, 0.6) is 0 Å². The third-order valence-corrected chi connectivity index (χ3v) is 10.2. The van der Waals surface area contributed by atoms with Crippen molar-refractivity contribution in [3.8, 4) is 11.8 Å². The van der Waals surface area contributed by atoms with Crippen LogP contribution >= 0.6 is 0 Å². The van der Waals surface area contributed by atoms with Gasteiger partial charge in [0.25, 0.3) is 0 Å². The molecule has 46 heavy (non-hydrogen) atoms. The maximum absolute atomic E-state index is 13.6. The molecule has 2 N–H and O–H groups in total. The van der Waals surface area contributed by atoms with E-state index in [-0.39, 0.29) is 18.3 Å². The fourth-order valence-electron chi connectivity index (χ4n) is 6.73. The van der Waals surface area contributed by atoms with Crippen LogP contribution < -0.4 is 10.6 Å². The van der Waals surface area contributed by atoms with Crippen molar-refractivity contribution in [1.82, 2.24) is 9.47 Å². The fraction of sp³-hybridized carbons (Fsp3) is 0.500. The van der Waals surface area contributed by atoms with E-state index in [4.69, 9.17) is 4.74 Å². The second-order valence-electron chi connectivity index (χ2n) is 12.6. The number of hydrogen-bond acceptors (Lipinski definition) is 6. The van der Waals surface area contributed by atoms with Gasteiger partial charge in [0.2, 0.25) is 0 Å². The van der Waals surface area contributed by atoms with Gasteiger partial charge in [0, 0.05) is 53.6 Å². The summed E-state index contributed by atoms with van der Waals surface area (Å²) in [6.45, 7) is 2.26. The Morgan fingerprint density at radius 2 is 1.70 bits per heavy atom. The zero-order chi connectivity index (χ0) is 32.9. The van der Waals surface area contributed by atoms with Gasteiger partial charge in [-0.3, -0.25) is 4.90 Å². The summed E-state index contributed by atoms with van der Waals surface area (Å²) in [6.07, 6.45) is -4.62. The number of ether oxygens (including phenoxy) is 1. The van der Waals surface area contributed by atoms with Crippen LogP contribution in [0.3, 0.4) is 0 Å². The van der Waals surface area contributed by atoms with E-state index in [0.717, 1.165) is 74.9 Å². The summed E-state index contributed by atoms with van der Waals surface area (Å²) in [4.78, 5) is 2.05.